The number of anilines is 1. The summed E-state index contributed by atoms with van der Waals surface area (Å²) < 4.78 is 5.06. The Morgan fingerprint density at radius 3 is 2.26 bits per heavy atom. The van der Waals surface area contributed by atoms with E-state index in [-0.39, 0.29) is 5.91 Å². The number of amides is 1. The van der Waals surface area contributed by atoms with E-state index in [1.807, 2.05) is 32.0 Å². The van der Waals surface area contributed by atoms with Crippen LogP contribution < -0.4 is 10.1 Å². The average molecular weight is 255 g/mol. The highest BCUT2D eigenvalue weighted by Gasteiger charge is 2.06. The molecule has 98 valence electrons. The zero-order chi connectivity index (χ0) is 13.8. The highest BCUT2D eigenvalue weighted by molar-refractivity contribution is 6.04. The molecule has 0 heterocycles. The average Bonchev–Trinajstić information content (AvgIpc) is 2.43. The number of methoxy groups -OCH3 is 1. The Bertz CT molecular complexity index is 588. The van der Waals surface area contributed by atoms with Crippen LogP contribution in [0.3, 0.4) is 0 Å². The smallest absolute Gasteiger partial charge is 0.255 e. The summed E-state index contributed by atoms with van der Waals surface area (Å²) in [5.74, 6) is 0.619. The molecule has 1 amide bonds. The third-order valence-electron chi connectivity index (χ3n) is 3.12. The molecule has 0 bridgehead atoms. The number of ether oxygens (including phenoxy) is 1. The maximum Gasteiger partial charge on any atom is 0.255 e. The molecule has 0 aliphatic heterocycles. The second kappa shape index (κ2) is 5.57. The van der Waals surface area contributed by atoms with Crippen LogP contribution in [0.5, 0.6) is 5.75 Å². The van der Waals surface area contributed by atoms with E-state index < -0.39 is 0 Å². The number of rotatable bonds is 3. The molecule has 0 spiro atoms. The number of aryl methyl sites for hydroxylation is 2. The highest BCUT2D eigenvalue weighted by Crippen LogP contribution is 2.16. The first-order valence-corrected chi connectivity index (χ1v) is 6.13. The lowest BCUT2D eigenvalue weighted by molar-refractivity contribution is 0.102. The topological polar surface area (TPSA) is 38.3 Å². The number of benzene rings is 2. The Labute approximate surface area is 113 Å². The Hall–Kier alpha value is -2.29. The van der Waals surface area contributed by atoms with Crippen molar-refractivity contribution in [1.82, 2.24) is 0 Å². The quantitative estimate of drug-likeness (QED) is 0.910. The van der Waals surface area contributed by atoms with Crippen molar-refractivity contribution in [1.29, 1.82) is 0 Å². The zero-order valence-electron chi connectivity index (χ0n) is 11.4. The lowest BCUT2D eigenvalue weighted by atomic mass is 10.1. The number of carbonyl (C=O) groups excluding carboxylic acids is 1. The fraction of sp³-hybridized carbons (Fsp3) is 0.188. The van der Waals surface area contributed by atoms with Gasteiger partial charge in [-0.3, -0.25) is 4.79 Å². The minimum absolute atomic E-state index is 0.120. The van der Waals surface area contributed by atoms with Crippen molar-refractivity contribution in [2.45, 2.75) is 13.8 Å². The third kappa shape index (κ3) is 3.13. The zero-order valence-corrected chi connectivity index (χ0v) is 11.4. The molecular weight excluding hydrogens is 238 g/mol. The molecule has 0 saturated heterocycles. The molecule has 2 rings (SSSR count). The van der Waals surface area contributed by atoms with Gasteiger partial charge < -0.3 is 10.1 Å². The SMILES string of the molecule is COc1ccc(C(=O)Nc2ccc(C)c(C)c2)cc1. The predicted molar refractivity (Wildman–Crippen MR) is 76.9 cm³/mol. The van der Waals surface area contributed by atoms with Gasteiger partial charge in [0.25, 0.3) is 5.91 Å². The molecule has 2 aromatic rings. The molecule has 1 N–H and O–H groups in total. The molecule has 3 nitrogen and oxygen atoms in total. The summed E-state index contributed by atoms with van der Waals surface area (Å²) in [5, 5.41) is 2.88. The number of carbonyl (C=O) groups is 1. The van der Waals surface area contributed by atoms with E-state index >= 15 is 0 Å². The van der Waals surface area contributed by atoms with Crippen molar-refractivity contribution in [3.8, 4) is 5.75 Å². The number of nitrogens with one attached hydrogen (secondary N) is 1. The van der Waals surface area contributed by atoms with Gasteiger partial charge in [0, 0.05) is 11.3 Å². The van der Waals surface area contributed by atoms with Gasteiger partial charge in [0.05, 0.1) is 7.11 Å². The van der Waals surface area contributed by atoms with Gasteiger partial charge in [-0.15, -0.1) is 0 Å². The van der Waals surface area contributed by atoms with Crippen LogP contribution in [-0.2, 0) is 0 Å². The molecule has 0 aromatic heterocycles. The molecule has 0 fully saturated rings. The molecule has 3 heteroatoms. The summed E-state index contributed by atoms with van der Waals surface area (Å²) in [4.78, 5) is 12.1. The van der Waals surface area contributed by atoms with Crippen molar-refractivity contribution in [3.63, 3.8) is 0 Å². The van der Waals surface area contributed by atoms with Crippen molar-refractivity contribution < 1.29 is 9.53 Å². The molecule has 19 heavy (non-hydrogen) atoms. The van der Waals surface area contributed by atoms with Gasteiger partial charge in [0.1, 0.15) is 5.75 Å². The van der Waals surface area contributed by atoms with Crippen molar-refractivity contribution in [3.05, 3.63) is 59.2 Å². The first-order valence-electron chi connectivity index (χ1n) is 6.13. The molecule has 2 aromatic carbocycles. The molecule has 0 aliphatic carbocycles. The minimum atomic E-state index is -0.120. The van der Waals surface area contributed by atoms with Crippen LogP contribution in [0.15, 0.2) is 42.5 Å². The van der Waals surface area contributed by atoms with E-state index in [0.29, 0.717) is 5.56 Å². The summed E-state index contributed by atoms with van der Waals surface area (Å²) >= 11 is 0. The van der Waals surface area contributed by atoms with E-state index in [9.17, 15) is 4.79 Å². The van der Waals surface area contributed by atoms with Gasteiger partial charge in [-0.05, 0) is 61.4 Å². The number of hydrogen-bond donors (Lipinski definition) is 1. The van der Waals surface area contributed by atoms with Crippen LogP contribution in [0.25, 0.3) is 0 Å². The van der Waals surface area contributed by atoms with Gasteiger partial charge >= 0.3 is 0 Å². The van der Waals surface area contributed by atoms with E-state index in [1.54, 1.807) is 31.4 Å². The first-order chi connectivity index (χ1) is 9.10. The lowest BCUT2D eigenvalue weighted by Crippen LogP contribution is -2.11. The molecule has 0 unspecified atom stereocenters. The Morgan fingerprint density at radius 1 is 1.00 bits per heavy atom. The molecule has 0 radical (unpaired) electrons. The Kier molecular flexibility index (Phi) is 3.85. The van der Waals surface area contributed by atoms with Gasteiger partial charge in [0.2, 0.25) is 0 Å². The van der Waals surface area contributed by atoms with Gasteiger partial charge in [-0.25, -0.2) is 0 Å². The van der Waals surface area contributed by atoms with Crippen molar-refractivity contribution in [2.75, 3.05) is 12.4 Å². The summed E-state index contributed by atoms with van der Waals surface area (Å²) in [6.07, 6.45) is 0. The fourth-order valence-electron chi connectivity index (χ4n) is 1.76. The van der Waals surface area contributed by atoms with Crippen LogP contribution in [0.2, 0.25) is 0 Å². The van der Waals surface area contributed by atoms with Crippen LogP contribution in [0.4, 0.5) is 5.69 Å². The van der Waals surface area contributed by atoms with Crippen molar-refractivity contribution >= 4 is 11.6 Å². The molecule has 0 atom stereocenters. The standard InChI is InChI=1S/C16H17NO2/c1-11-4-7-14(10-12(11)2)17-16(18)13-5-8-15(19-3)9-6-13/h4-10H,1-3H3,(H,17,18). The molecule has 0 saturated carbocycles. The van der Waals surface area contributed by atoms with Crippen LogP contribution in [0.1, 0.15) is 21.5 Å². The number of hydrogen-bond acceptors (Lipinski definition) is 2. The minimum Gasteiger partial charge on any atom is -0.497 e. The van der Waals surface area contributed by atoms with E-state index in [2.05, 4.69) is 5.32 Å². The second-order valence-electron chi connectivity index (χ2n) is 4.48. The van der Waals surface area contributed by atoms with Crippen LogP contribution in [-0.4, -0.2) is 13.0 Å². The van der Waals surface area contributed by atoms with E-state index in [0.717, 1.165) is 17.0 Å². The van der Waals surface area contributed by atoms with Crippen LogP contribution in [0, 0.1) is 13.8 Å². The Balaban J connectivity index is 2.13. The lowest BCUT2D eigenvalue weighted by Gasteiger charge is -2.08. The molecule has 0 aliphatic rings. The van der Waals surface area contributed by atoms with Crippen molar-refractivity contribution in [2.24, 2.45) is 0 Å². The van der Waals surface area contributed by atoms with Crippen LogP contribution >= 0.6 is 0 Å². The maximum absolute atomic E-state index is 12.1. The van der Waals surface area contributed by atoms with Gasteiger partial charge in [0.15, 0.2) is 0 Å². The summed E-state index contributed by atoms with van der Waals surface area (Å²) in [6, 6.07) is 12.9. The van der Waals surface area contributed by atoms with Gasteiger partial charge in [-0.2, -0.15) is 0 Å². The predicted octanol–water partition coefficient (Wildman–Crippen LogP) is 3.56. The summed E-state index contributed by atoms with van der Waals surface area (Å²) in [5.41, 5.74) is 3.79. The highest BCUT2D eigenvalue weighted by atomic mass is 16.5. The van der Waals surface area contributed by atoms with E-state index in [1.165, 1.54) is 5.56 Å². The molecular formula is C16H17NO2. The second-order valence-corrected chi connectivity index (χ2v) is 4.48. The van der Waals surface area contributed by atoms with Gasteiger partial charge in [-0.1, -0.05) is 6.07 Å². The summed E-state index contributed by atoms with van der Waals surface area (Å²) in [7, 11) is 1.60. The van der Waals surface area contributed by atoms with E-state index in [4.69, 9.17) is 4.74 Å². The first kappa shape index (κ1) is 13.1. The third-order valence-corrected chi connectivity index (χ3v) is 3.12. The summed E-state index contributed by atoms with van der Waals surface area (Å²) in [6.45, 7) is 4.07. The normalized spacial score (nSPS) is 10.1. The maximum atomic E-state index is 12.1. The largest absolute Gasteiger partial charge is 0.497 e. The Morgan fingerprint density at radius 2 is 1.68 bits per heavy atom. The fourth-order valence-corrected chi connectivity index (χ4v) is 1.76. The monoisotopic (exact) mass is 255 g/mol.